The Morgan fingerprint density at radius 3 is 2.35 bits per heavy atom. The summed E-state index contributed by atoms with van der Waals surface area (Å²) in [5, 5.41) is 9.81. The molecule has 0 amide bonds. The summed E-state index contributed by atoms with van der Waals surface area (Å²) in [6.07, 6.45) is 5.93. The van der Waals surface area contributed by atoms with Crippen molar-refractivity contribution >= 4 is 11.8 Å². The third-order valence-corrected chi connectivity index (χ3v) is 6.08. The van der Waals surface area contributed by atoms with Gasteiger partial charge in [-0.25, -0.2) is 0 Å². The summed E-state index contributed by atoms with van der Waals surface area (Å²) in [4.78, 5) is 0. The van der Waals surface area contributed by atoms with Crippen molar-refractivity contribution in [3.05, 3.63) is 60.2 Å². The molecule has 2 aromatic rings. The second kappa shape index (κ2) is 8.22. The molecular weight excluding hydrogens is 298 g/mol. The van der Waals surface area contributed by atoms with Crippen LogP contribution in [-0.2, 0) is 6.42 Å². The second-order valence-corrected chi connectivity index (χ2v) is 7.59. The summed E-state index contributed by atoms with van der Waals surface area (Å²) in [5.41, 5.74) is 3.94. The number of benzene rings is 2. The van der Waals surface area contributed by atoms with Crippen LogP contribution in [0.2, 0.25) is 0 Å². The van der Waals surface area contributed by atoms with Crippen LogP contribution in [0, 0.1) is 17.2 Å². The third kappa shape index (κ3) is 4.39. The van der Waals surface area contributed by atoms with Crippen molar-refractivity contribution in [2.45, 2.75) is 37.4 Å². The average molecular weight is 321 g/mol. The zero-order valence-electron chi connectivity index (χ0n) is 13.4. The molecule has 0 radical (unpaired) electrons. The molecule has 2 atom stereocenters. The molecule has 2 unspecified atom stereocenters. The number of hydrogen-bond acceptors (Lipinski definition) is 2. The van der Waals surface area contributed by atoms with Crippen molar-refractivity contribution in [2.24, 2.45) is 5.92 Å². The summed E-state index contributed by atoms with van der Waals surface area (Å²) in [6.45, 7) is 0. The maximum Gasteiger partial charge on any atom is 0.0667 e. The fourth-order valence-electron chi connectivity index (χ4n) is 3.27. The van der Waals surface area contributed by atoms with E-state index in [0.29, 0.717) is 5.25 Å². The number of aryl methyl sites for hydroxylation is 1. The summed E-state index contributed by atoms with van der Waals surface area (Å²) in [7, 11) is 0. The number of thioether (sulfide) groups is 1. The van der Waals surface area contributed by atoms with Gasteiger partial charge in [0.15, 0.2) is 0 Å². The lowest BCUT2D eigenvalue weighted by Gasteiger charge is -2.26. The Kier molecular flexibility index (Phi) is 5.77. The molecule has 1 fully saturated rings. The van der Waals surface area contributed by atoms with E-state index < -0.39 is 0 Å². The normalized spacial score (nSPS) is 20.8. The Hall–Kier alpha value is -1.72. The second-order valence-electron chi connectivity index (χ2n) is 6.24. The minimum absolute atomic E-state index is 0.272. The van der Waals surface area contributed by atoms with E-state index in [4.69, 9.17) is 0 Å². The number of nitriles is 1. The van der Waals surface area contributed by atoms with Crippen LogP contribution in [0.5, 0.6) is 0 Å². The summed E-state index contributed by atoms with van der Waals surface area (Å²) >= 11 is 2.00. The molecule has 0 aliphatic heterocycles. The molecule has 0 saturated heterocycles. The van der Waals surface area contributed by atoms with Gasteiger partial charge in [0, 0.05) is 5.25 Å². The van der Waals surface area contributed by atoms with Gasteiger partial charge < -0.3 is 0 Å². The number of hydrogen-bond donors (Lipinski definition) is 0. The molecule has 3 rings (SSSR count). The van der Waals surface area contributed by atoms with E-state index in [2.05, 4.69) is 60.7 Å². The monoisotopic (exact) mass is 321 g/mol. The van der Waals surface area contributed by atoms with Gasteiger partial charge in [-0.15, -0.1) is 0 Å². The highest BCUT2D eigenvalue weighted by molar-refractivity contribution is 7.99. The summed E-state index contributed by atoms with van der Waals surface area (Å²) in [6, 6.07) is 21.9. The average Bonchev–Trinajstić information content (AvgIpc) is 2.63. The van der Waals surface area contributed by atoms with Crippen molar-refractivity contribution in [3.8, 4) is 17.2 Å². The first kappa shape index (κ1) is 16.1. The van der Waals surface area contributed by atoms with Crippen LogP contribution in [0.25, 0.3) is 11.1 Å². The summed E-state index contributed by atoms with van der Waals surface area (Å²) < 4.78 is 0. The minimum Gasteiger partial charge on any atom is -0.198 e. The van der Waals surface area contributed by atoms with Crippen LogP contribution >= 0.6 is 11.8 Å². The first-order chi connectivity index (χ1) is 11.4. The quantitative estimate of drug-likeness (QED) is 0.704. The van der Waals surface area contributed by atoms with Gasteiger partial charge in [-0.3, -0.25) is 0 Å². The fraction of sp³-hybridized carbons (Fsp3) is 0.381. The SMILES string of the molecule is N#CC1CCCCC1SCCc1ccc(-c2ccccc2)cc1. The van der Waals surface area contributed by atoms with Crippen LogP contribution in [-0.4, -0.2) is 11.0 Å². The van der Waals surface area contributed by atoms with Gasteiger partial charge in [-0.1, -0.05) is 67.4 Å². The molecule has 0 aromatic heterocycles. The van der Waals surface area contributed by atoms with Crippen molar-refractivity contribution in [3.63, 3.8) is 0 Å². The molecule has 2 aromatic carbocycles. The van der Waals surface area contributed by atoms with E-state index in [1.165, 1.54) is 36.0 Å². The highest BCUT2D eigenvalue weighted by Crippen LogP contribution is 2.33. The molecule has 0 bridgehead atoms. The van der Waals surface area contributed by atoms with Crippen molar-refractivity contribution in [1.82, 2.24) is 0 Å². The Labute approximate surface area is 143 Å². The van der Waals surface area contributed by atoms with Gasteiger partial charge >= 0.3 is 0 Å². The van der Waals surface area contributed by atoms with Gasteiger partial charge in [0.25, 0.3) is 0 Å². The molecule has 1 aliphatic rings. The van der Waals surface area contributed by atoms with Crippen molar-refractivity contribution < 1.29 is 0 Å². The lowest BCUT2D eigenvalue weighted by Crippen LogP contribution is -2.21. The predicted octanol–water partition coefficient (Wildman–Crippen LogP) is 5.71. The molecule has 1 aliphatic carbocycles. The molecular formula is C21H23NS. The molecule has 1 saturated carbocycles. The van der Waals surface area contributed by atoms with E-state index in [0.717, 1.165) is 18.6 Å². The molecule has 0 spiro atoms. The highest BCUT2D eigenvalue weighted by Gasteiger charge is 2.24. The van der Waals surface area contributed by atoms with E-state index in [1.54, 1.807) is 0 Å². The van der Waals surface area contributed by atoms with Crippen LogP contribution < -0.4 is 0 Å². The number of rotatable bonds is 5. The molecule has 2 heteroatoms. The van der Waals surface area contributed by atoms with Gasteiger partial charge in [0.05, 0.1) is 12.0 Å². The molecule has 0 N–H and O–H groups in total. The first-order valence-corrected chi connectivity index (χ1v) is 9.57. The minimum atomic E-state index is 0.272. The first-order valence-electron chi connectivity index (χ1n) is 8.52. The Morgan fingerprint density at radius 1 is 0.913 bits per heavy atom. The van der Waals surface area contributed by atoms with E-state index in [9.17, 15) is 5.26 Å². The van der Waals surface area contributed by atoms with Crippen LogP contribution in [0.3, 0.4) is 0 Å². The Bertz CT molecular complexity index is 642. The predicted molar refractivity (Wildman–Crippen MR) is 99.4 cm³/mol. The van der Waals surface area contributed by atoms with E-state index in [1.807, 2.05) is 11.8 Å². The van der Waals surface area contributed by atoms with E-state index in [-0.39, 0.29) is 5.92 Å². The standard InChI is InChI=1S/C21H23NS/c22-16-20-8-4-5-9-21(20)23-15-14-17-10-12-19(13-11-17)18-6-2-1-3-7-18/h1-3,6-7,10-13,20-21H,4-5,8-9,14-15H2. The van der Waals surface area contributed by atoms with Crippen LogP contribution in [0.1, 0.15) is 31.2 Å². The Balaban J connectivity index is 1.52. The zero-order chi connectivity index (χ0) is 15.9. The zero-order valence-corrected chi connectivity index (χ0v) is 14.3. The number of nitrogens with zero attached hydrogens (tertiary/aromatic N) is 1. The molecule has 1 nitrogen and oxygen atoms in total. The Morgan fingerprint density at radius 2 is 1.61 bits per heavy atom. The van der Waals surface area contributed by atoms with E-state index >= 15 is 0 Å². The highest BCUT2D eigenvalue weighted by atomic mass is 32.2. The van der Waals surface area contributed by atoms with Crippen molar-refractivity contribution in [2.75, 3.05) is 5.75 Å². The maximum absolute atomic E-state index is 9.25. The maximum atomic E-state index is 9.25. The fourth-order valence-corrected chi connectivity index (χ4v) is 4.69. The van der Waals surface area contributed by atoms with Gasteiger partial charge in [-0.2, -0.15) is 17.0 Å². The smallest absolute Gasteiger partial charge is 0.0667 e. The molecule has 118 valence electrons. The molecule has 0 heterocycles. The largest absolute Gasteiger partial charge is 0.198 e. The topological polar surface area (TPSA) is 23.8 Å². The molecule has 23 heavy (non-hydrogen) atoms. The van der Waals surface area contributed by atoms with Gasteiger partial charge in [-0.05, 0) is 41.7 Å². The van der Waals surface area contributed by atoms with Crippen molar-refractivity contribution in [1.29, 1.82) is 5.26 Å². The lowest BCUT2D eigenvalue weighted by atomic mass is 9.90. The lowest BCUT2D eigenvalue weighted by molar-refractivity contribution is 0.439. The van der Waals surface area contributed by atoms with Crippen LogP contribution in [0.15, 0.2) is 54.6 Å². The third-order valence-electron chi connectivity index (χ3n) is 4.65. The summed E-state index contributed by atoms with van der Waals surface area (Å²) in [5.74, 6) is 1.39. The van der Waals surface area contributed by atoms with Crippen LogP contribution in [0.4, 0.5) is 0 Å². The van der Waals surface area contributed by atoms with Gasteiger partial charge in [0.2, 0.25) is 0 Å². The van der Waals surface area contributed by atoms with Gasteiger partial charge in [0.1, 0.15) is 0 Å².